The molecule has 1 unspecified atom stereocenters. The zero-order valence-corrected chi connectivity index (χ0v) is 9.63. The first-order valence-corrected chi connectivity index (χ1v) is 6.10. The van der Waals surface area contributed by atoms with Gasteiger partial charge in [0.2, 0.25) is 0 Å². The van der Waals surface area contributed by atoms with Gasteiger partial charge < -0.3 is 10.4 Å². The molecule has 88 valence electrons. The van der Waals surface area contributed by atoms with E-state index in [1.165, 1.54) is 12.8 Å². The monoisotopic (exact) mass is 228 g/mol. The summed E-state index contributed by atoms with van der Waals surface area (Å²) >= 11 is 0. The van der Waals surface area contributed by atoms with Crippen LogP contribution in [0.3, 0.4) is 0 Å². The molecule has 0 radical (unpaired) electrons. The summed E-state index contributed by atoms with van der Waals surface area (Å²) in [6, 6.07) is 10.5. The van der Waals surface area contributed by atoms with E-state index in [2.05, 4.69) is 10.3 Å². The van der Waals surface area contributed by atoms with Crippen molar-refractivity contribution >= 4 is 10.9 Å². The van der Waals surface area contributed by atoms with E-state index >= 15 is 0 Å². The van der Waals surface area contributed by atoms with Crippen LogP contribution >= 0.6 is 0 Å². The Hall–Kier alpha value is -1.45. The summed E-state index contributed by atoms with van der Waals surface area (Å²) in [4.78, 5) is 4.36. The molecule has 0 amide bonds. The van der Waals surface area contributed by atoms with E-state index in [9.17, 15) is 5.11 Å². The van der Waals surface area contributed by atoms with Crippen molar-refractivity contribution < 1.29 is 5.11 Å². The quantitative estimate of drug-likeness (QED) is 0.841. The molecule has 3 rings (SSSR count). The standard InChI is InChI=1S/C14H16N2O/c17-13(9-16-11-6-7-11)12-5-1-3-10-4-2-8-15-14(10)12/h1-5,8,11,13,16-17H,6-7,9H2. The smallest absolute Gasteiger partial charge is 0.0935 e. The van der Waals surface area contributed by atoms with Crippen LogP contribution in [0.4, 0.5) is 0 Å². The molecule has 1 atom stereocenters. The number of nitrogens with one attached hydrogen (secondary N) is 1. The minimum absolute atomic E-state index is 0.478. The van der Waals surface area contributed by atoms with Crippen LogP contribution in [0.5, 0.6) is 0 Å². The van der Waals surface area contributed by atoms with E-state index in [-0.39, 0.29) is 0 Å². The molecule has 2 aromatic rings. The molecule has 1 aliphatic carbocycles. The molecule has 1 heterocycles. The van der Waals surface area contributed by atoms with Crippen LogP contribution < -0.4 is 5.32 Å². The molecular formula is C14H16N2O. The normalized spacial score (nSPS) is 17.2. The van der Waals surface area contributed by atoms with Gasteiger partial charge in [-0.3, -0.25) is 4.98 Å². The van der Waals surface area contributed by atoms with Crippen molar-refractivity contribution in [3.8, 4) is 0 Å². The molecule has 3 nitrogen and oxygen atoms in total. The van der Waals surface area contributed by atoms with E-state index in [1.807, 2.05) is 30.3 Å². The molecule has 1 fully saturated rings. The largest absolute Gasteiger partial charge is 0.387 e. The van der Waals surface area contributed by atoms with E-state index in [1.54, 1.807) is 6.20 Å². The molecule has 1 saturated carbocycles. The first-order chi connectivity index (χ1) is 8.34. The zero-order valence-electron chi connectivity index (χ0n) is 9.63. The van der Waals surface area contributed by atoms with Gasteiger partial charge >= 0.3 is 0 Å². The Bertz CT molecular complexity index is 517. The second-order valence-corrected chi connectivity index (χ2v) is 4.62. The SMILES string of the molecule is OC(CNC1CC1)c1cccc2cccnc12. The fourth-order valence-corrected chi connectivity index (χ4v) is 2.07. The minimum Gasteiger partial charge on any atom is -0.387 e. The van der Waals surface area contributed by atoms with E-state index in [0.717, 1.165) is 16.5 Å². The summed E-state index contributed by atoms with van der Waals surface area (Å²) in [7, 11) is 0. The highest BCUT2D eigenvalue weighted by atomic mass is 16.3. The van der Waals surface area contributed by atoms with Crippen molar-refractivity contribution in [2.24, 2.45) is 0 Å². The first-order valence-electron chi connectivity index (χ1n) is 6.10. The van der Waals surface area contributed by atoms with Gasteiger partial charge in [-0.2, -0.15) is 0 Å². The molecule has 1 aromatic carbocycles. The van der Waals surface area contributed by atoms with Crippen LogP contribution in [0.2, 0.25) is 0 Å². The van der Waals surface area contributed by atoms with Crippen molar-refractivity contribution in [2.45, 2.75) is 25.0 Å². The molecule has 1 aromatic heterocycles. The predicted octanol–water partition coefficient (Wildman–Crippen LogP) is 2.02. The number of hydrogen-bond acceptors (Lipinski definition) is 3. The maximum Gasteiger partial charge on any atom is 0.0935 e. The van der Waals surface area contributed by atoms with Crippen molar-refractivity contribution in [1.29, 1.82) is 0 Å². The molecule has 0 saturated heterocycles. The second-order valence-electron chi connectivity index (χ2n) is 4.62. The summed E-state index contributed by atoms with van der Waals surface area (Å²) in [5.41, 5.74) is 1.82. The number of aromatic nitrogens is 1. The molecule has 0 spiro atoms. The minimum atomic E-state index is -0.478. The Balaban J connectivity index is 1.87. The molecular weight excluding hydrogens is 212 g/mol. The highest BCUT2D eigenvalue weighted by Gasteiger charge is 2.22. The van der Waals surface area contributed by atoms with Gasteiger partial charge in [0, 0.05) is 29.7 Å². The van der Waals surface area contributed by atoms with Gasteiger partial charge in [0.15, 0.2) is 0 Å². The van der Waals surface area contributed by atoms with E-state index in [0.29, 0.717) is 12.6 Å². The maximum atomic E-state index is 10.2. The van der Waals surface area contributed by atoms with Gasteiger partial charge in [0.1, 0.15) is 0 Å². The van der Waals surface area contributed by atoms with Gasteiger partial charge in [-0.1, -0.05) is 24.3 Å². The van der Waals surface area contributed by atoms with Crippen molar-refractivity contribution in [3.63, 3.8) is 0 Å². The third kappa shape index (κ3) is 2.30. The van der Waals surface area contributed by atoms with E-state index < -0.39 is 6.10 Å². The number of fused-ring (bicyclic) bond motifs is 1. The summed E-state index contributed by atoms with van der Waals surface area (Å²) < 4.78 is 0. The summed E-state index contributed by atoms with van der Waals surface area (Å²) in [5, 5.41) is 14.6. The van der Waals surface area contributed by atoms with Gasteiger partial charge in [-0.25, -0.2) is 0 Å². The maximum absolute atomic E-state index is 10.2. The molecule has 2 N–H and O–H groups in total. The molecule has 17 heavy (non-hydrogen) atoms. The van der Waals surface area contributed by atoms with Gasteiger partial charge in [0.05, 0.1) is 11.6 Å². The highest BCUT2D eigenvalue weighted by Crippen LogP contribution is 2.24. The summed E-state index contributed by atoms with van der Waals surface area (Å²) in [5.74, 6) is 0. The Kier molecular flexibility index (Phi) is 2.79. The Labute approximate surface area is 100 Å². The molecule has 0 bridgehead atoms. The molecule has 0 aliphatic heterocycles. The number of benzene rings is 1. The van der Waals surface area contributed by atoms with Gasteiger partial charge in [-0.15, -0.1) is 0 Å². The van der Waals surface area contributed by atoms with Gasteiger partial charge in [0.25, 0.3) is 0 Å². The molecule has 3 heteroatoms. The number of hydrogen-bond donors (Lipinski definition) is 2. The lowest BCUT2D eigenvalue weighted by molar-refractivity contribution is 0.175. The van der Waals surface area contributed by atoms with Crippen LogP contribution in [-0.4, -0.2) is 22.7 Å². The average Bonchev–Trinajstić information content (AvgIpc) is 3.19. The number of pyridine rings is 1. The van der Waals surface area contributed by atoms with Crippen LogP contribution in [0, 0.1) is 0 Å². The predicted molar refractivity (Wildman–Crippen MR) is 67.7 cm³/mol. The van der Waals surface area contributed by atoms with Crippen molar-refractivity contribution in [2.75, 3.05) is 6.54 Å². The Morgan fingerprint density at radius 1 is 1.29 bits per heavy atom. The number of aliphatic hydroxyl groups is 1. The Morgan fingerprint density at radius 2 is 2.12 bits per heavy atom. The Morgan fingerprint density at radius 3 is 2.94 bits per heavy atom. The lowest BCUT2D eigenvalue weighted by Crippen LogP contribution is -2.23. The average molecular weight is 228 g/mol. The van der Waals surface area contributed by atoms with Crippen molar-refractivity contribution in [3.05, 3.63) is 42.1 Å². The van der Waals surface area contributed by atoms with Crippen LogP contribution in [-0.2, 0) is 0 Å². The number of rotatable bonds is 4. The number of aliphatic hydroxyl groups excluding tert-OH is 1. The summed E-state index contributed by atoms with van der Waals surface area (Å²) in [6.45, 7) is 0.611. The number of para-hydroxylation sites is 1. The van der Waals surface area contributed by atoms with Crippen molar-refractivity contribution in [1.82, 2.24) is 10.3 Å². The second kappa shape index (κ2) is 4.43. The lowest BCUT2D eigenvalue weighted by Gasteiger charge is -2.13. The highest BCUT2D eigenvalue weighted by molar-refractivity contribution is 5.81. The molecule has 1 aliphatic rings. The third-order valence-corrected chi connectivity index (χ3v) is 3.20. The fraction of sp³-hybridized carbons (Fsp3) is 0.357. The third-order valence-electron chi connectivity index (χ3n) is 3.20. The van der Waals surface area contributed by atoms with Crippen LogP contribution in [0.15, 0.2) is 36.5 Å². The van der Waals surface area contributed by atoms with E-state index in [4.69, 9.17) is 0 Å². The zero-order chi connectivity index (χ0) is 11.7. The summed E-state index contributed by atoms with van der Waals surface area (Å²) in [6.07, 6.45) is 3.77. The first kappa shape index (κ1) is 10.7. The lowest BCUT2D eigenvalue weighted by atomic mass is 10.0. The fourth-order valence-electron chi connectivity index (χ4n) is 2.07. The topological polar surface area (TPSA) is 45.1 Å². The van der Waals surface area contributed by atoms with Crippen LogP contribution in [0.25, 0.3) is 10.9 Å². The number of nitrogens with zero attached hydrogens (tertiary/aromatic N) is 1. The van der Waals surface area contributed by atoms with Gasteiger partial charge in [-0.05, 0) is 18.9 Å². The van der Waals surface area contributed by atoms with Crippen LogP contribution in [0.1, 0.15) is 24.5 Å².